The zero-order chi connectivity index (χ0) is 17.2. The maximum absolute atomic E-state index is 10.3. The van der Waals surface area contributed by atoms with Gasteiger partial charge in [-0.1, -0.05) is 72.8 Å². The Morgan fingerprint density at radius 2 is 1.17 bits per heavy atom. The van der Waals surface area contributed by atoms with Crippen LogP contribution in [0.5, 0.6) is 5.75 Å². The van der Waals surface area contributed by atoms with Gasteiger partial charge in [0.05, 0.1) is 6.07 Å². The Hall–Kier alpha value is -3.05. The average Bonchev–Trinajstić information content (AvgIpc) is 2.62. The number of aryl methyl sites for hydroxylation is 2. The van der Waals surface area contributed by atoms with Gasteiger partial charge in [0.2, 0.25) is 0 Å². The quantitative estimate of drug-likeness (QED) is 0.701. The van der Waals surface area contributed by atoms with Gasteiger partial charge in [-0.05, 0) is 41.7 Å². The number of phenolic OH excluding ortho intramolecular Hbond substituents is 1. The predicted molar refractivity (Wildman–Crippen MR) is 96.0 cm³/mol. The Bertz CT molecular complexity index is 830. The highest BCUT2D eigenvalue weighted by molar-refractivity contribution is 5.59. The molecule has 0 aliphatic carbocycles. The average molecular weight is 313 g/mol. The van der Waals surface area contributed by atoms with Crippen molar-refractivity contribution < 1.29 is 5.11 Å². The highest BCUT2D eigenvalue weighted by atomic mass is 16.3. The number of nitrogens with zero attached hydrogens (tertiary/aromatic N) is 1. The molecule has 3 rings (SSSR count). The molecule has 2 heteroatoms. The normalized spacial score (nSPS) is 11.0. The fourth-order valence-electron chi connectivity index (χ4n) is 3.24. The smallest absolute Gasteiger partial charge is 0.132 e. The fraction of sp³-hybridized carbons (Fsp3) is 0.136. The molecule has 24 heavy (non-hydrogen) atoms. The van der Waals surface area contributed by atoms with Gasteiger partial charge >= 0.3 is 0 Å². The summed E-state index contributed by atoms with van der Waals surface area (Å²) in [5, 5.41) is 20.4. The molecule has 0 aliphatic rings. The lowest BCUT2D eigenvalue weighted by atomic mass is 9.70. The first-order chi connectivity index (χ1) is 11.6. The lowest BCUT2D eigenvalue weighted by molar-refractivity contribution is 0.466. The molecule has 0 fully saturated rings. The van der Waals surface area contributed by atoms with E-state index >= 15 is 0 Å². The monoisotopic (exact) mass is 313 g/mol. The van der Waals surface area contributed by atoms with Crippen LogP contribution in [0.4, 0.5) is 0 Å². The molecule has 0 heterocycles. The van der Waals surface area contributed by atoms with E-state index in [9.17, 15) is 10.4 Å². The van der Waals surface area contributed by atoms with E-state index in [-0.39, 0.29) is 5.75 Å². The third kappa shape index (κ3) is 2.45. The van der Waals surface area contributed by atoms with Gasteiger partial charge in [0.25, 0.3) is 0 Å². The third-order valence-corrected chi connectivity index (χ3v) is 4.51. The van der Waals surface area contributed by atoms with Gasteiger partial charge in [-0.3, -0.25) is 0 Å². The van der Waals surface area contributed by atoms with Gasteiger partial charge in [-0.15, -0.1) is 0 Å². The number of aromatic hydroxyl groups is 1. The number of rotatable bonds is 3. The summed E-state index contributed by atoms with van der Waals surface area (Å²) in [7, 11) is 0. The summed E-state index contributed by atoms with van der Waals surface area (Å²) in [6.45, 7) is 3.73. The summed E-state index contributed by atoms with van der Waals surface area (Å²) in [4.78, 5) is 0. The van der Waals surface area contributed by atoms with Gasteiger partial charge in [0.1, 0.15) is 11.2 Å². The van der Waals surface area contributed by atoms with Crippen LogP contribution in [0.15, 0.2) is 72.8 Å². The summed E-state index contributed by atoms with van der Waals surface area (Å²) in [5.74, 6) is 0.284. The molecule has 0 radical (unpaired) electrons. The van der Waals surface area contributed by atoms with Crippen LogP contribution in [0.1, 0.15) is 27.8 Å². The zero-order valence-electron chi connectivity index (χ0n) is 13.8. The van der Waals surface area contributed by atoms with Crippen molar-refractivity contribution in [2.24, 2.45) is 0 Å². The topological polar surface area (TPSA) is 44.0 Å². The summed E-state index contributed by atoms with van der Waals surface area (Å²) >= 11 is 0. The van der Waals surface area contributed by atoms with Crippen LogP contribution >= 0.6 is 0 Å². The maximum atomic E-state index is 10.3. The summed E-state index contributed by atoms with van der Waals surface area (Å²) in [6.07, 6.45) is 0. The second-order valence-electron chi connectivity index (χ2n) is 6.05. The van der Waals surface area contributed by atoms with Crippen LogP contribution in [-0.2, 0) is 5.41 Å². The third-order valence-electron chi connectivity index (χ3n) is 4.51. The van der Waals surface area contributed by atoms with Crippen molar-refractivity contribution in [3.63, 3.8) is 0 Å². The first-order valence-electron chi connectivity index (χ1n) is 7.92. The highest BCUT2D eigenvalue weighted by Gasteiger charge is 2.37. The second kappa shape index (κ2) is 6.22. The molecule has 0 spiro atoms. The zero-order valence-corrected chi connectivity index (χ0v) is 13.8. The van der Waals surface area contributed by atoms with Crippen molar-refractivity contribution in [3.8, 4) is 11.8 Å². The van der Waals surface area contributed by atoms with Crippen LogP contribution in [0, 0.1) is 25.2 Å². The van der Waals surface area contributed by atoms with Gasteiger partial charge in [0.15, 0.2) is 0 Å². The lowest BCUT2D eigenvalue weighted by Gasteiger charge is -2.29. The van der Waals surface area contributed by atoms with E-state index < -0.39 is 5.41 Å². The van der Waals surface area contributed by atoms with Crippen LogP contribution in [0.3, 0.4) is 0 Å². The van der Waals surface area contributed by atoms with Gasteiger partial charge in [-0.2, -0.15) is 5.26 Å². The first-order valence-corrected chi connectivity index (χ1v) is 7.92. The minimum Gasteiger partial charge on any atom is -0.507 e. The van der Waals surface area contributed by atoms with E-state index in [0.717, 1.165) is 27.8 Å². The second-order valence-corrected chi connectivity index (χ2v) is 6.05. The molecule has 0 atom stereocenters. The van der Waals surface area contributed by atoms with Crippen molar-refractivity contribution in [1.29, 1.82) is 5.26 Å². The lowest BCUT2D eigenvalue weighted by Crippen LogP contribution is -2.27. The summed E-state index contributed by atoms with van der Waals surface area (Å²) in [5.41, 5.74) is 3.35. The molecule has 1 N–H and O–H groups in total. The maximum Gasteiger partial charge on any atom is 0.132 e. The molecule has 0 unspecified atom stereocenters. The summed E-state index contributed by atoms with van der Waals surface area (Å²) in [6, 6.07) is 26.0. The SMILES string of the molecule is Cc1cc(C(C#N)(c2ccccc2)c2ccccc2)cc(C)c1O. The van der Waals surface area contributed by atoms with E-state index in [0.29, 0.717) is 0 Å². The van der Waals surface area contributed by atoms with E-state index in [1.165, 1.54) is 0 Å². The van der Waals surface area contributed by atoms with Crippen molar-refractivity contribution in [2.45, 2.75) is 19.3 Å². The predicted octanol–water partition coefficient (Wildman–Crippen LogP) is 4.87. The van der Waals surface area contributed by atoms with E-state index in [1.807, 2.05) is 86.6 Å². The van der Waals surface area contributed by atoms with Gasteiger partial charge in [-0.25, -0.2) is 0 Å². The standard InChI is InChI=1S/C22H19NO/c1-16-13-20(14-17(2)21(16)24)22(15-23,18-9-5-3-6-10-18)19-11-7-4-8-12-19/h3-14,24H,1-2H3. The Labute approximate surface area is 142 Å². The molecular weight excluding hydrogens is 294 g/mol. The van der Waals surface area contributed by atoms with Gasteiger partial charge in [0, 0.05) is 0 Å². The van der Waals surface area contributed by atoms with Crippen molar-refractivity contribution in [1.82, 2.24) is 0 Å². The minimum absolute atomic E-state index is 0.284. The minimum atomic E-state index is -0.911. The molecule has 0 aromatic heterocycles. The van der Waals surface area contributed by atoms with Crippen LogP contribution in [0.2, 0.25) is 0 Å². The van der Waals surface area contributed by atoms with E-state index in [4.69, 9.17) is 0 Å². The molecule has 0 aliphatic heterocycles. The molecular formula is C22H19NO. The van der Waals surface area contributed by atoms with Crippen LogP contribution in [0.25, 0.3) is 0 Å². The van der Waals surface area contributed by atoms with Crippen LogP contribution < -0.4 is 0 Å². The molecule has 0 amide bonds. The van der Waals surface area contributed by atoms with E-state index in [1.54, 1.807) is 0 Å². The Morgan fingerprint density at radius 1 is 0.750 bits per heavy atom. The van der Waals surface area contributed by atoms with Crippen molar-refractivity contribution in [2.75, 3.05) is 0 Å². The fourth-order valence-corrected chi connectivity index (χ4v) is 3.24. The largest absolute Gasteiger partial charge is 0.507 e. The Kier molecular flexibility index (Phi) is 4.10. The van der Waals surface area contributed by atoms with E-state index in [2.05, 4.69) is 6.07 Å². The molecule has 0 bridgehead atoms. The van der Waals surface area contributed by atoms with Crippen molar-refractivity contribution in [3.05, 3.63) is 101 Å². The van der Waals surface area contributed by atoms with Crippen LogP contribution in [-0.4, -0.2) is 5.11 Å². The number of nitriles is 1. The number of benzene rings is 3. The Balaban J connectivity index is 2.38. The van der Waals surface area contributed by atoms with Gasteiger partial charge < -0.3 is 5.11 Å². The first kappa shape index (κ1) is 15.8. The highest BCUT2D eigenvalue weighted by Crippen LogP contribution is 2.40. The molecule has 3 aromatic carbocycles. The Morgan fingerprint density at radius 3 is 1.54 bits per heavy atom. The summed E-state index contributed by atoms with van der Waals surface area (Å²) < 4.78 is 0. The number of hydrogen-bond acceptors (Lipinski definition) is 2. The molecule has 0 saturated carbocycles. The molecule has 2 nitrogen and oxygen atoms in total. The number of phenols is 1. The molecule has 3 aromatic rings. The van der Waals surface area contributed by atoms with Crippen molar-refractivity contribution >= 4 is 0 Å². The number of hydrogen-bond donors (Lipinski definition) is 1. The molecule has 0 saturated heterocycles. The molecule has 118 valence electrons.